The summed E-state index contributed by atoms with van der Waals surface area (Å²) in [5.41, 5.74) is 11.2. The lowest BCUT2D eigenvalue weighted by molar-refractivity contribution is 0.339. The maximum atomic E-state index is 9.36. The lowest BCUT2D eigenvalue weighted by Crippen LogP contribution is -2.04. The van der Waals surface area contributed by atoms with Crippen LogP contribution in [0.15, 0.2) is 36.4 Å². The second-order valence-electron chi connectivity index (χ2n) is 6.19. The third-order valence-electron chi connectivity index (χ3n) is 4.62. The molecule has 1 aliphatic carbocycles. The van der Waals surface area contributed by atoms with Gasteiger partial charge in [-0.15, -0.1) is 10.2 Å². The molecule has 1 aromatic heterocycles. The highest BCUT2D eigenvalue weighted by Crippen LogP contribution is 2.39. The van der Waals surface area contributed by atoms with Crippen molar-refractivity contribution in [3.05, 3.63) is 53.1 Å². The molecule has 0 amide bonds. The monoisotopic (exact) mass is 392 g/mol. The fourth-order valence-electron chi connectivity index (χ4n) is 3.37. The van der Waals surface area contributed by atoms with Crippen LogP contribution in [0.25, 0.3) is 21.1 Å². The van der Waals surface area contributed by atoms with E-state index < -0.39 is 0 Å². The number of nitrogens with two attached hydrogens (primary N) is 1. The van der Waals surface area contributed by atoms with Crippen molar-refractivity contribution in [3.63, 3.8) is 0 Å². The van der Waals surface area contributed by atoms with Crippen molar-refractivity contribution in [3.8, 4) is 33.0 Å². The second kappa shape index (κ2) is 8.96. The van der Waals surface area contributed by atoms with Crippen molar-refractivity contribution < 1.29 is 4.74 Å². The molecule has 1 unspecified atom stereocenters. The molecule has 1 aliphatic rings. The number of nitriles is 1. The predicted molar refractivity (Wildman–Crippen MR) is 113 cm³/mol. The third-order valence-corrected chi connectivity index (χ3v) is 5.62. The molecule has 1 heterocycles. The molecule has 144 valence electrons. The van der Waals surface area contributed by atoms with Crippen molar-refractivity contribution in [2.45, 2.75) is 39.7 Å². The van der Waals surface area contributed by atoms with E-state index in [1.807, 2.05) is 39.0 Å². The van der Waals surface area contributed by atoms with Gasteiger partial charge in [0.2, 0.25) is 0 Å². The molecule has 0 spiro atoms. The summed E-state index contributed by atoms with van der Waals surface area (Å²) in [7, 11) is 0. The molecule has 0 aliphatic heterocycles. The van der Waals surface area contributed by atoms with E-state index >= 15 is 0 Å². The fraction of sp³-hybridized carbons (Fsp3) is 0.318. The number of hydrogen-bond acceptors (Lipinski definition) is 6. The Morgan fingerprint density at radius 1 is 1.21 bits per heavy atom. The SMILES string of the molecule is CC.CCOc1ccc(-c2nnc(-c3cccc4c3CCC4N)s2)cc1C#N. The smallest absolute Gasteiger partial charge is 0.148 e. The predicted octanol–water partition coefficient (Wildman–Crippen LogP) is 5.11. The van der Waals surface area contributed by atoms with Crippen LogP contribution in [0.2, 0.25) is 0 Å². The first-order valence-corrected chi connectivity index (χ1v) is 10.4. The molecule has 28 heavy (non-hydrogen) atoms. The van der Waals surface area contributed by atoms with Crippen molar-refractivity contribution in [1.29, 1.82) is 5.26 Å². The molecule has 1 atom stereocenters. The third kappa shape index (κ3) is 3.77. The molecule has 2 aromatic carbocycles. The number of benzene rings is 2. The molecule has 6 heteroatoms. The molecular weight excluding hydrogens is 368 g/mol. The Hall–Kier alpha value is -2.75. The summed E-state index contributed by atoms with van der Waals surface area (Å²) in [5, 5.41) is 19.8. The van der Waals surface area contributed by atoms with Crippen LogP contribution in [0.3, 0.4) is 0 Å². The zero-order chi connectivity index (χ0) is 20.1. The zero-order valence-corrected chi connectivity index (χ0v) is 17.2. The van der Waals surface area contributed by atoms with Gasteiger partial charge in [-0.25, -0.2) is 0 Å². The standard InChI is InChI=1S/C20H18N4OS.C2H6/c1-2-25-18-9-6-12(10-13(18)11-21)19-23-24-20(26-19)16-5-3-4-15-14(16)7-8-17(15)22;1-2/h3-6,9-10,17H,2,7-8,22H2,1H3;1-2H3. The minimum atomic E-state index is 0.113. The first kappa shape index (κ1) is 20.0. The van der Waals surface area contributed by atoms with E-state index in [4.69, 9.17) is 10.5 Å². The lowest BCUT2D eigenvalue weighted by atomic mass is 10.0. The topological polar surface area (TPSA) is 84.8 Å². The van der Waals surface area contributed by atoms with Gasteiger partial charge in [-0.05, 0) is 49.1 Å². The maximum absolute atomic E-state index is 9.36. The molecule has 0 bridgehead atoms. The summed E-state index contributed by atoms with van der Waals surface area (Å²) in [5.74, 6) is 0.596. The molecule has 0 saturated carbocycles. The molecule has 0 saturated heterocycles. The zero-order valence-electron chi connectivity index (χ0n) is 16.4. The highest BCUT2D eigenvalue weighted by atomic mass is 32.1. The Morgan fingerprint density at radius 3 is 2.75 bits per heavy atom. The highest BCUT2D eigenvalue weighted by Gasteiger charge is 2.23. The van der Waals surface area contributed by atoms with E-state index in [-0.39, 0.29) is 6.04 Å². The summed E-state index contributed by atoms with van der Waals surface area (Å²) >= 11 is 1.53. The number of ether oxygens (including phenoxy) is 1. The van der Waals surface area contributed by atoms with Crippen molar-refractivity contribution in [2.24, 2.45) is 5.73 Å². The van der Waals surface area contributed by atoms with Gasteiger partial charge in [0.1, 0.15) is 21.8 Å². The fourth-order valence-corrected chi connectivity index (χ4v) is 4.26. The number of nitrogens with zero attached hydrogens (tertiary/aromatic N) is 3. The number of aromatic nitrogens is 2. The van der Waals surface area contributed by atoms with Gasteiger partial charge in [0.15, 0.2) is 0 Å². The van der Waals surface area contributed by atoms with Crippen LogP contribution in [0.4, 0.5) is 0 Å². The highest BCUT2D eigenvalue weighted by molar-refractivity contribution is 7.17. The molecule has 0 fully saturated rings. The normalized spacial score (nSPS) is 14.6. The average molecular weight is 393 g/mol. The van der Waals surface area contributed by atoms with Gasteiger partial charge in [0.25, 0.3) is 0 Å². The number of rotatable bonds is 4. The Labute approximate surface area is 169 Å². The number of fused-ring (bicyclic) bond motifs is 1. The van der Waals surface area contributed by atoms with Crippen LogP contribution in [-0.2, 0) is 6.42 Å². The molecule has 5 nitrogen and oxygen atoms in total. The molecule has 0 radical (unpaired) electrons. The van der Waals surface area contributed by atoms with Crippen LogP contribution in [0, 0.1) is 11.3 Å². The van der Waals surface area contributed by atoms with Crippen LogP contribution >= 0.6 is 11.3 Å². The van der Waals surface area contributed by atoms with Crippen LogP contribution in [-0.4, -0.2) is 16.8 Å². The van der Waals surface area contributed by atoms with Gasteiger partial charge in [-0.1, -0.05) is 43.4 Å². The molecule has 2 N–H and O–H groups in total. The first-order valence-electron chi connectivity index (χ1n) is 9.59. The summed E-state index contributed by atoms with van der Waals surface area (Å²) in [4.78, 5) is 0. The molecular formula is C22H24N4OS. The largest absolute Gasteiger partial charge is 0.492 e. The van der Waals surface area contributed by atoms with Crippen LogP contribution in [0.5, 0.6) is 5.75 Å². The van der Waals surface area contributed by atoms with Gasteiger partial charge in [0.05, 0.1) is 12.2 Å². The Bertz CT molecular complexity index is 1010. The summed E-state index contributed by atoms with van der Waals surface area (Å²) in [6.07, 6.45) is 1.95. The minimum absolute atomic E-state index is 0.113. The maximum Gasteiger partial charge on any atom is 0.148 e. The minimum Gasteiger partial charge on any atom is -0.492 e. The Morgan fingerprint density at radius 2 is 2.00 bits per heavy atom. The van der Waals surface area contributed by atoms with Gasteiger partial charge < -0.3 is 10.5 Å². The molecule has 4 rings (SSSR count). The van der Waals surface area contributed by atoms with E-state index in [9.17, 15) is 5.26 Å². The summed E-state index contributed by atoms with van der Waals surface area (Å²) in [6.45, 7) is 6.43. The van der Waals surface area contributed by atoms with Gasteiger partial charge in [0, 0.05) is 17.2 Å². The van der Waals surface area contributed by atoms with E-state index in [2.05, 4.69) is 28.4 Å². The van der Waals surface area contributed by atoms with Crippen LogP contribution in [0.1, 0.15) is 49.9 Å². The lowest BCUT2D eigenvalue weighted by Gasteiger charge is -2.07. The average Bonchev–Trinajstić information content (AvgIpc) is 3.37. The van der Waals surface area contributed by atoms with Crippen molar-refractivity contribution in [2.75, 3.05) is 6.61 Å². The Kier molecular flexibility index (Phi) is 6.40. The first-order chi connectivity index (χ1) is 13.7. The van der Waals surface area contributed by atoms with Gasteiger partial charge in [-0.3, -0.25) is 0 Å². The van der Waals surface area contributed by atoms with Gasteiger partial charge in [-0.2, -0.15) is 5.26 Å². The van der Waals surface area contributed by atoms with E-state index in [1.165, 1.54) is 22.5 Å². The Balaban J connectivity index is 0.00000109. The van der Waals surface area contributed by atoms with Crippen molar-refractivity contribution >= 4 is 11.3 Å². The number of hydrogen-bond donors (Lipinski definition) is 1. The van der Waals surface area contributed by atoms with E-state index in [1.54, 1.807) is 6.07 Å². The van der Waals surface area contributed by atoms with Crippen molar-refractivity contribution in [1.82, 2.24) is 10.2 Å². The van der Waals surface area contributed by atoms with Gasteiger partial charge >= 0.3 is 0 Å². The summed E-state index contributed by atoms with van der Waals surface area (Å²) < 4.78 is 5.49. The quantitative estimate of drug-likeness (QED) is 0.666. The second-order valence-corrected chi connectivity index (χ2v) is 7.16. The van der Waals surface area contributed by atoms with Crippen LogP contribution < -0.4 is 10.5 Å². The van der Waals surface area contributed by atoms with E-state index in [0.29, 0.717) is 17.9 Å². The van der Waals surface area contributed by atoms with E-state index in [0.717, 1.165) is 34.0 Å². The summed E-state index contributed by atoms with van der Waals surface area (Å²) in [6, 6.07) is 14.1. The molecule has 3 aromatic rings.